The monoisotopic (exact) mass is 502 g/mol. The fourth-order valence-electron chi connectivity index (χ4n) is 4.51. The first-order valence-corrected chi connectivity index (χ1v) is 11.0. The molecule has 0 radical (unpaired) electrons. The molecule has 0 unspecified atom stereocenters. The Balaban J connectivity index is 0.00000162. The summed E-state index contributed by atoms with van der Waals surface area (Å²) in [7, 11) is 0. The molecular formula is C24H28Cl2N6O2. The van der Waals surface area contributed by atoms with Gasteiger partial charge in [-0.3, -0.25) is 9.88 Å². The molecule has 0 atom stereocenters. The molecular weight excluding hydrogens is 475 g/mol. The molecule has 34 heavy (non-hydrogen) atoms. The first-order chi connectivity index (χ1) is 15.6. The van der Waals surface area contributed by atoms with E-state index in [1.165, 1.54) is 0 Å². The summed E-state index contributed by atoms with van der Waals surface area (Å²) in [5.41, 5.74) is 2.52. The van der Waals surface area contributed by atoms with Crippen molar-refractivity contribution in [3.8, 4) is 11.3 Å². The molecule has 1 spiro atoms. The number of ether oxygens (including phenoxy) is 1. The van der Waals surface area contributed by atoms with Gasteiger partial charge in [0, 0.05) is 30.2 Å². The summed E-state index contributed by atoms with van der Waals surface area (Å²) in [6, 6.07) is 13.6. The van der Waals surface area contributed by atoms with E-state index in [1.54, 1.807) is 23.2 Å². The van der Waals surface area contributed by atoms with E-state index >= 15 is 0 Å². The molecule has 4 heterocycles. The summed E-state index contributed by atoms with van der Waals surface area (Å²) in [6.45, 7) is 3.38. The van der Waals surface area contributed by atoms with Gasteiger partial charge in [-0.2, -0.15) is 5.10 Å². The lowest BCUT2D eigenvalue weighted by Gasteiger charge is -2.35. The normalized spacial score (nSPS) is 21.4. The minimum absolute atomic E-state index is 0. The predicted molar refractivity (Wildman–Crippen MR) is 136 cm³/mol. The van der Waals surface area contributed by atoms with E-state index in [4.69, 9.17) is 4.74 Å². The fourth-order valence-corrected chi connectivity index (χ4v) is 4.51. The number of nitrogens with zero attached hydrogens (tertiary/aromatic N) is 5. The van der Waals surface area contributed by atoms with Gasteiger partial charge < -0.3 is 10.1 Å². The summed E-state index contributed by atoms with van der Waals surface area (Å²) in [4.78, 5) is 23.1. The van der Waals surface area contributed by atoms with E-state index in [-0.39, 0.29) is 30.9 Å². The van der Waals surface area contributed by atoms with E-state index in [0.717, 1.165) is 55.0 Å². The van der Waals surface area contributed by atoms with Gasteiger partial charge in [-0.05, 0) is 74.9 Å². The van der Waals surface area contributed by atoms with Gasteiger partial charge in [0.25, 0.3) is 0 Å². The molecule has 10 heteroatoms. The molecule has 1 aliphatic carbocycles. The quantitative estimate of drug-likeness (QED) is 0.519. The smallest absolute Gasteiger partial charge is 0.416 e. The zero-order valence-electron chi connectivity index (χ0n) is 18.9. The van der Waals surface area contributed by atoms with Crippen molar-refractivity contribution in [2.24, 2.45) is 5.92 Å². The number of carbonyl (C=O) groups excluding carboxylic acids is 1. The van der Waals surface area contributed by atoms with Crippen molar-refractivity contribution in [3.05, 3.63) is 60.6 Å². The third-order valence-electron chi connectivity index (χ3n) is 6.34. The van der Waals surface area contributed by atoms with Crippen LogP contribution >= 0.6 is 24.8 Å². The second kappa shape index (κ2) is 11.0. The van der Waals surface area contributed by atoms with E-state index in [1.807, 2.05) is 43.5 Å². The maximum atomic E-state index is 12.4. The SMILES string of the molecule is Cc1cccc(-c2ccc(NC[C@H]3CC[C@]4(CC3)CN(c3cccnn3)C(=O)O4)nc2)n1.Cl.Cl. The molecule has 0 aromatic carbocycles. The van der Waals surface area contributed by atoms with Gasteiger partial charge in [0.15, 0.2) is 5.82 Å². The van der Waals surface area contributed by atoms with Crippen molar-refractivity contribution >= 4 is 42.5 Å². The average molecular weight is 503 g/mol. The van der Waals surface area contributed by atoms with Crippen molar-refractivity contribution in [2.75, 3.05) is 23.3 Å². The molecule has 2 fully saturated rings. The van der Waals surface area contributed by atoms with E-state index in [2.05, 4.69) is 25.5 Å². The van der Waals surface area contributed by atoms with Crippen LogP contribution in [0.25, 0.3) is 11.3 Å². The second-order valence-electron chi connectivity index (χ2n) is 8.64. The Labute approximate surface area is 211 Å². The Bertz CT molecular complexity index is 1090. The zero-order chi connectivity index (χ0) is 22.0. The molecule has 1 N–H and O–H groups in total. The minimum atomic E-state index is -0.411. The number of rotatable bonds is 5. The van der Waals surface area contributed by atoms with Crippen LogP contribution in [-0.4, -0.2) is 44.9 Å². The number of aryl methyl sites for hydroxylation is 1. The molecule has 180 valence electrons. The van der Waals surface area contributed by atoms with Crippen LogP contribution in [0.15, 0.2) is 54.9 Å². The Kier molecular flexibility index (Phi) is 8.28. The standard InChI is InChI=1S/C24H26N6O2.2ClH/c1-17-4-2-5-20(28-17)19-7-8-21(26-15-19)25-14-18-9-11-24(12-10-18)16-30(23(31)32-24)22-6-3-13-27-29-22;;/h2-8,13,15,18H,9-12,14,16H2,1H3,(H,25,26);2*1H/t18-,24-;;. The van der Waals surface area contributed by atoms with Crippen LogP contribution in [0.5, 0.6) is 0 Å². The van der Waals surface area contributed by atoms with Crippen molar-refractivity contribution in [1.29, 1.82) is 0 Å². The summed E-state index contributed by atoms with van der Waals surface area (Å²) < 4.78 is 5.81. The molecule has 8 nitrogen and oxygen atoms in total. The van der Waals surface area contributed by atoms with Crippen molar-refractivity contribution in [1.82, 2.24) is 20.2 Å². The van der Waals surface area contributed by atoms with Gasteiger partial charge in [0.1, 0.15) is 11.4 Å². The van der Waals surface area contributed by atoms with Crippen molar-refractivity contribution in [3.63, 3.8) is 0 Å². The van der Waals surface area contributed by atoms with Crippen LogP contribution in [0.1, 0.15) is 31.4 Å². The van der Waals surface area contributed by atoms with E-state index in [0.29, 0.717) is 18.3 Å². The second-order valence-corrected chi connectivity index (χ2v) is 8.64. The first kappa shape index (κ1) is 25.6. The van der Waals surface area contributed by atoms with Gasteiger partial charge in [-0.25, -0.2) is 9.78 Å². The lowest BCUT2D eigenvalue weighted by atomic mass is 9.78. The molecule has 1 aliphatic heterocycles. The number of aromatic nitrogens is 4. The summed E-state index contributed by atoms with van der Waals surface area (Å²) in [5, 5.41) is 11.4. The molecule has 5 rings (SSSR count). The lowest BCUT2D eigenvalue weighted by molar-refractivity contribution is 0.0148. The highest BCUT2D eigenvalue weighted by atomic mass is 35.5. The lowest BCUT2D eigenvalue weighted by Crippen LogP contribution is -2.39. The third kappa shape index (κ3) is 5.56. The Morgan fingerprint density at radius 1 is 1.12 bits per heavy atom. The minimum Gasteiger partial charge on any atom is -0.441 e. The molecule has 0 bridgehead atoms. The maximum Gasteiger partial charge on any atom is 0.416 e. The van der Waals surface area contributed by atoms with Crippen LogP contribution in [0, 0.1) is 12.8 Å². The number of halogens is 2. The van der Waals surface area contributed by atoms with Crippen LogP contribution in [0.2, 0.25) is 0 Å². The highest BCUT2D eigenvalue weighted by molar-refractivity contribution is 5.89. The zero-order valence-corrected chi connectivity index (χ0v) is 20.5. The van der Waals surface area contributed by atoms with E-state index in [9.17, 15) is 4.79 Å². The number of amides is 1. The van der Waals surface area contributed by atoms with Crippen LogP contribution in [0.3, 0.4) is 0 Å². The van der Waals surface area contributed by atoms with E-state index < -0.39 is 5.60 Å². The van der Waals surface area contributed by atoms with Crippen molar-refractivity contribution < 1.29 is 9.53 Å². The van der Waals surface area contributed by atoms with Gasteiger partial charge in [0.05, 0.1) is 12.2 Å². The van der Waals surface area contributed by atoms with Gasteiger partial charge >= 0.3 is 6.09 Å². The van der Waals surface area contributed by atoms with Crippen LogP contribution in [-0.2, 0) is 4.74 Å². The molecule has 2 aliphatic rings. The van der Waals surface area contributed by atoms with Gasteiger partial charge in [0.2, 0.25) is 0 Å². The van der Waals surface area contributed by atoms with Crippen LogP contribution in [0.4, 0.5) is 16.4 Å². The summed E-state index contributed by atoms with van der Waals surface area (Å²) in [6.07, 6.45) is 6.84. The van der Waals surface area contributed by atoms with Gasteiger partial charge in [-0.15, -0.1) is 29.9 Å². The number of pyridine rings is 2. The molecule has 1 saturated heterocycles. The summed E-state index contributed by atoms with van der Waals surface area (Å²) in [5.74, 6) is 1.93. The molecule has 1 saturated carbocycles. The summed E-state index contributed by atoms with van der Waals surface area (Å²) >= 11 is 0. The highest BCUT2D eigenvalue weighted by Gasteiger charge is 2.48. The van der Waals surface area contributed by atoms with Crippen molar-refractivity contribution in [2.45, 2.75) is 38.2 Å². The number of anilines is 2. The number of nitrogens with one attached hydrogen (secondary N) is 1. The molecule has 3 aromatic rings. The Morgan fingerprint density at radius 2 is 1.94 bits per heavy atom. The highest BCUT2D eigenvalue weighted by Crippen LogP contribution is 2.40. The largest absolute Gasteiger partial charge is 0.441 e. The Hall–Kier alpha value is -2.97. The topological polar surface area (TPSA) is 93.1 Å². The number of carbonyl (C=O) groups is 1. The first-order valence-electron chi connectivity index (χ1n) is 11.0. The average Bonchev–Trinajstić information content (AvgIpc) is 3.15. The third-order valence-corrected chi connectivity index (χ3v) is 6.34. The fraction of sp³-hybridized carbons (Fsp3) is 0.375. The molecule has 3 aromatic heterocycles. The predicted octanol–water partition coefficient (Wildman–Crippen LogP) is 5.08. The molecule has 1 amide bonds. The Morgan fingerprint density at radius 3 is 2.62 bits per heavy atom. The maximum absolute atomic E-state index is 12.4. The number of hydrogen-bond acceptors (Lipinski definition) is 7. The van der Waals surface area contributed by atoms with Gasteiger partial charge in [-0.1, -0.05) is 6.07 Å². The van der Waals surface area contributed by atoms with Crippen LogP contribution < -0.4 is 10.2 Å². The number of hydrogen-bond donors (Lipinski definition) is 1.